The maximum atomic E-state index is 11.4. The van der Waals surface area contributed by atoms with E-state index in [0.29, 0.717) is 21.9 Å². The lowest BCUT2D eigenvalue weighted by atomic mass is 10.2. The number of rotatable bonds is 3. The molecule has 0 bridgehead atoms. The third-order valence-corrected chi connectivity index (χ3v) is 5.01. The summed E-state index contributed by atoms with van der Waals surface area (Å²) < 4.78 is 0. The summed E-state index contributed by atoms with van der Waals surface area (Å²) in [5.74, 6) is 1.57. The third-order valence-electron chi connectivity index (χ3n) is 2.62. The molecule has 2 heterocycles. The molecule has 3 rings (SSSR count). The average Bonchev–Trinajstić information content (AvgIpc) is 2.46. The summed E-state index contributed by atoms with van der Waals surface area (Å²) in [5.41, 5.74) is 1.19. The van der Waals surface area contributed by atoms with Crippen LogP contribution in [0, 0.1) is 0 Å². The van der Waals surface area contributed by atoms with Crippen LogP contribution < -0.4 is 5.32 Å². The summed E-state index contributed by atoms with van der Waals surface area (Å²) >= 11 is 9.00. The first-order valence-electron chi connectivity index (χ1n) is 5.89. The third kappa shape index (κ3) is 3.08. The quantitative estimate of drug-likeness (QED) is 0.532. The number of halogens is 1. The SMILES string of the molecule is O=C1CSc2c(Cl)nc(SCc3ccccc3)nc2N1. The van der Waals surface area contributed by atoms with Crippen molar-refractivity contribution in [3.05, 3.63) is 41.0 Å². The molecule has 20 heavy (non-hydrogen) atoms. The predicted molar refractivity (Wildman–Crippen MR) is 82.4 cm³/mol. The van der Waals surface area contributed by atoms with E-state index in [0.717, 1.165) is 10.6 Å². The van der Waals surface area contributed by atoms with Crippen LogP contribution in [0.25, 0.3) is 0 Å². The van der Waals surface area contributed by atoms with E-state index in [1.54, 1.807) is 0 Å². The number of nitrogens with zero attached hydrogens (tertiary/aromatic N) is 2. The fourth-order valence-corrected chi connectivity index (χ4v) is 3.64. The molecule has 0 atom stereocenters. The monoisotopic (exact) mass is 323 g/mol. The number of carbonyl (C=O) groups excluding carboxylic acids is 1. The van der Waals surface area contributed by atoms with Gasteiger partial charge >= 0.3 is 0 Å². The second kappa shape index (κ2) is 6.03. The number of fused-ring (bicyclic) bond motifs is 1. The molecule has 102 valence electrons. The topological polar surface area (TPSA) is 54.9 Å². The highest BCUT2D eigenvalue weighted by Gasteiger charge is 2.21. The highest BCUT2D eigenvalue weighted by molar-refractivity contribution is 8.00. The largest absolute Gasteiger partial charge is 0.309 e. The molecule has 0 radical (unpaired) electrons. The number of hydrogen-bond donors (Lipinski definition) is 1. The van der Waals surface area contributed by atoms with Gasteiger partial charge < -0.3 is 5.32 Å². The number of anilines is 1. The highest BCUT2D eigenvalue weighted by atomic mass is 35.5. The number of aromatic nitrogens is 2. The van der Waals surface area contributed by atoms with E-state index in [9.17, 15) is 4.79 Å². The molecule has 7 heteroatoms. The number of benzene rings is 1. The number of amides is 1. The van der Waals surface area contributed by atoms with E-state index in [-0.39, 0.29) is 5.91 Å². The minimum Gasteiger partial charge on any atom is -0.309 e. The van der Waals surface area contributed by atoms with Crippen molar-refractivity contribution in [3.8, 4) is 0 Å². The van der Waals surface area contributed by atoms with Crippen LogP contribution in [0.2, 0.25) is 5.15 Å². The lowest BCUT2D eigenvalue weighted by Gasteiger charge is -2.16. The molecule has 0 saturated carbocycles. The summed E-state index contributed by atoms with van der Waals surface area (Å²) in [5, 5.41) is 3.70. The molecule has 1 amide bonds. The van der Waals surface area contributed by atoms with Crippen molar-refractivity contribution in [2.75, 3.05) is 11.1 Å². The van der Waals surface area contributed by atoms with Crippen LogP contribution >= 0.6 is 35.1 Å². The van der Waals surface area contributed by atoms with Crippen LogP contribution in [0.3, 0.4) is 0 Å². The smallest absolute Gasteiger partial charge is 0.235 e. The van der Waals surface area contributed by atoms with E-state index in [4.69, 9.17) is 11.6 Å². The van der Waals surface area contributed by atoms with Gasteiger partial charge in [0.25, 0.3) is 0 Å². The van der Waals surface area contributed by atoms with E-state index >= 15 is 0 Å². The average molecular weight is 324 g/mol. The Labute approximate surface area is 129 Å². The Morgan fingerprint density at radius 1 is 1.30 bits per heavy atom. The molecule has 4 nitrogen and oxygen atoms in total. The van der Waals surface area contributed by atoms with Gasteiger partial charge in [-0.05, 0) is 5.56 Å². The van der Waals surface area contributed by atoms with Crippen molar-refractivity contribution >= 4 is 46.8 Å². The van der Waals surface area contributed by atoms with E-state index in [1.165, 1.54) is 29.1 Å². The van der Waals surface area contributed by atoms with Gasteiger partial charge in [0.05, 0.1) is 10.6 Å². The van der Waals surface area contributed by atoms with Crippen LogP contribution in [0.5, 0.6) is 0 Å². The van der Waals surface area contributed by atoms with Crippen molar-refractivity contribution in [1.82, 2.24) is 9.97 Å². The first kappa shape index (κ1) is 13.7. The molecule has 1 aromatic carbocycles. The van der Waals surface area contributed by atoms with Crippen molar-refractivity contribution in [2.24, 2.45) is 0 Å². The lowest BCUT2D eigenvalue weighted by molar-refractivity contribution is -0.113. The van der Waals surface area contributed by atoms with Crippen molar-refractivity contribution in [1.29, 1.82) is 0 Å². The summed E-state index contributed by atoms with van der Waals surface area (Å²) in [7, 11) is 0. The highest BCUT2D eigenvalue weighted by Crippen LogP contribution is 2.36. The molecular formula is C13H10ClN3OS2. The fourth-order valence-electron chi connectivity index (χ4n) is 1.71. The minimum atomic E-state index is -0.0590. The maximum Gasteiger partial charge on any atom is 0.235 e. The molecule has 0 saturated heterocycles. The zero-order valence-electron chi connectivity index (χ0n) is 10.3. The Morgan fingerprint density at radius 3 is 2.90 bits per heavy atom. The summed E-state index contributed by atoms with van der Waals surface area (Å²) in [6.07, 6.45) is 0. The molecule has 1 aliphatic heterocycles. The van der Waals surface area contributed by atoms with Gasteiger partial charge in [0.1, 0.15) is 5.15 Å². The zero-order chi connectivity index (χ0) is 13.9. The number of nitrogens with one attached hydrogen (secondary N) is 1. The number of carbonyl (C=O) groups is 1. The van der Waals surface area contributed by atoms with E-state index in [2.05, 4.69) is 15.3 Å². The second-order valence-electron chi connectivity index (χ2n) is 4.09. The standard InChI is InChI=1S/C13H10ClN3OS2/c14-11-10-12(15-9(18)7-19-10)17-13(16-11)20-6-8-4-2-1-3-5-8/h1-5H,6-7H2,(H,15,16,17,18). The first-order chi connectivity index (χ1) is 9.72. The number of thioether (sulfide) groups is 2. The Hall–Kier alpha value is -1.24. The molecule has 0 fully saturated rings. The van der Waals surface area contributed by atoms with Gasteiger partial charge in [-0.2, -0.15) is 0 Å². The van der Waals surface area contributed by atoms with Crippen molar-refractivity contribution < 1.29 is 4.79 Å². The maximum absolute atomic E-state index is 11.4. The van der Waals surface area contributed by atoms with Gasteiger partial charge in [-0.1, -0.05) is 53.7 Å². The van der Waals surface area contributed by atoms with Gasteiger partial charge in [-0.15, -0.1) is 11.8 Å². The number of hydrogen-bond acceptors (Lipinski definition) is 5. The Kier molecular flexibility index (Phi) is 4.14. The lowest BCUT2D eigenvalue weighted by Crippen LogP contribution is -2.20. The summed E-state index contributed by atoms with van der Waals surface area (Å²) in [4.78, 5) is 20.8. The molecule has 1 aromatic heterocycles. The first-order valence-corrected chi connectivity index (χ1v) is 8.24. The summed E-state index contributed by atoms with van der Waals surface area (Å²) in [6.45, 7) is 0. The molecule has 0 aliphatic carbocycles. The van der Waals surface area contributed by atoms with Crippen LogP contribution in [0.15, 0.2) is 40.4 Å². The van der Waals surface area contributed by atoms with Gasteiger partial charge in [0.15, 0.2) is 11.0 Å². The van der Waals surface area contributed by atoms with Gasteiger partial charge in [0, 0.05) is 5.75 Å². The molecule has 1 aliphatic rings. The van der Waals surface area contributed by atoms with Crippen LogP contribution in [-0.2, 0) is 10.5 Å². The van der Waals surface area contributed by atoms with Crippen molar-refractivity contribution in [2.45, 2.75) is 15.8 Å². The van der Waals surface area contributed by atoms with Crippen LogP contribution in [0.4, 0.5) is 5.82 Å². The van der Waals surface area contributed by atoms with Crippen molar-refractivity contribution in [3.63, 3.8) is 0 Å². The summed E-state index contributed by atoms with van der Waals surface area (Å²) in [6, 6.07) is 10.1. The van der Waals surface area contributed by atoms with E-state index < -0.39 is 0 Å². The normalized spacial score (nSPS) is 13.8. The fraction of sp³-hybridized carbons (Fsp3) is 0.154. The Balaban J connectivity index is 1.79. The molecule has 2 aromatic rings. The second-order valence-corrected chi connectivity index (χ2v) is 6.37. The molecule has 0 unspecified atom stereocenters. The minimum absolute atomic E-state index is 0.0590. The Morgan fingerprint density at radius 2 is 2.10 bits per heavy atom. The van der Waals surface area contributed by atoms with E-state index in [1.807, 2.05) is 30.3 Å². The van der Waals surface area contributed by atoms with Crippen LogP contribution in [0.1, 0.15) is 5.56 Å². The predicted octanol–water partition coefficient (Wildman–Crippen LogP) is 3.47. The molecule has 1 N–H and O–H groups in total. The Bertz CT molecular complexity index is 652. The molecular weight excluding hydrogens is 314 g/mol. The zero-order valence-corrected chi connectivity index (χ0v) is 12.7. The van der Waals surface area contributed by atoms with Gasteiger partial charge in [-0.25, -0.2) is 9.97 Å². The van der Waals surface area contributed by atoms with Gasteiger partial charge in [-0.3, -0.25) is 4.79 Å². The van der Waals surface area contributed by atoms with Gasteiger partial charge in [0.2, 0.25) is 5.91 Å². The van der Waals surface area contributed by atoms with Crippen LogP contribution in [-0.4, -0.2) is 21.6 Å². The molecule has 0 spiro atoms.